The second-order valence-corrected chi connectivity index (χ2v) is 5.78. The molecule has 0 aliphatic carbocycles. The molecule has 0 aromatic heterocycles. The minimum Gasteiger partial charge on any atom is -0.351 e. The van der Waals surface area contributed by atoms with E-state index in [1.807, 2.05) is 24.3 Å². The van der Waals surface area contributed by atoms with Gasteiger partial charge in [-0.05, 0) is 37.4 Å². The van der Waals surface area contributed by atoms with E-state index in [0.29, 0.717) is 23.4 Å². The third kappa shape index (κ3) is 4.37. The first-order valence-corrected chi connectivity index (χ1v) is 7.22. The van der Waals surface area contributed by atoms with Gasteiger partial charge in [-0.1, -0.05) is 36.7 Å². The summed E-state index contributed by atoms with van der Waals surface area (Å²) in [6.07, 6.45) is 1.44. The molecule has 3 atom stereocenters. The van der Waals surface area contributed by atoms with Crippen molar-refractivity contribution < 1.29 is 4.79 Å². The van der Waals surface area contributed by atoms with Crippen LogP contribution in [0, 0.1) is 5.92 Å². The van der Waals surface area contributed by atoms with E-state index in [9.17, 15) is 4.79 Å². The zero-order chi connectivity index (χ0) is 13.8. The van der Waals surface area contributed by atoms with Crippen LogP contribution >= 0.6 is 24.0 Å². The van der Waals surface area contributed by atoms with Crippen molar-refractivity contribution in [1.29, 1.82) is 0 Å². The van der Waals surface area contributed by atoms with E-state index < -0.39 is 0 Å². The molecule has 1 aliphatic rings. The standard InChI is InChI=1S/C15H21ClN2O.ClH/c1-10-7-8-17-11(2)15(10)18-14(19)9-12-5-3-4-6-13(12)16;/h3-6,10-11,15,17H,7-9H2,1-2H3,(H,18,19);1H. The molecule has 1 amide bonds. The zero-order valence-electron chi connectivity index (χ0n) is 11.9. The maximum atomic E-state index is 12.1. The molecule has 0 radical (unpaired) electrons. The Morgan fingerprint density at radius 2 is 2.10 bits per heavy atom. The maximum Gasteiger partial charge on any atom is 0.224 e. The summed E-state index contributed by atoms with van der Waals surface area (Å²) in [5.41, 5.74) is 0.880. The Morgan fingerprint density at radius 1 is 1.40 bits per heavy atom. The van der Waals surface area contributed by atoms with Gasteiger partial charge < -0.3 is 10.6 Å². The topological polar surface area (TPSA) is 41.1 Å². The molecule has 2 N–H and O–H groups in total. The first-order chi connectivity index (χ1) is 9.08. The van der Waals surface area contributed by atoms with E-state index in [4.69, 9.17) is 11.6 Å². The Labute approximate surface area is 131 Å². The van der Waals surface area contributed by atoms with Gasteiger partial charge in [-0.3, -0.25) is 4.79 Å². The molecular formula is C15H22Cl2N2O. The van der Waals surface area contributed by atoms with E-state index >= 15 is 0 Å². The molecule has 5 heteroatoms. The van der Waals surface area contributed by atoms with Gasteiger partial charge in [-0.15, -0.1) is 12.4 Å². The number of hydrogen-bond acceptors (Lipinski definition) is 2. The van der Waals surface area contributed by atoms with Gasteiger partial charge in [0.15, 0.2) is 0 Å². The number of nitrogens with one attached hydrogen (secondary N) is 2. The number of piperidine rings is 1. The number of benzene rings is 1. The van der Waals surface area contributed by atoms with Crippen LogP contribution in [0.4, 0.5) is 0 Å². The van der Waals surface area contributed by atoms with Crippen molar-refractivity contribution in [1.82, 2.24) is 10.6 Å². The number of amides is 1. The normalized spacial score (nSPS) is 25.6. The number of halogens is 2. The molecule has 112 valence electrons. The van der Waals surface area contributed by atoms with Crippen LogP contribution in [0.2, 0.25) is 5.02 Å². The molecule has 2 rings (SSSR count). The number of carbonyl (C=O) groups excluding carboxylic acids is 1. The fourth-order valence-corrected chi connectivity index (χ4v) is 2.86. The van der Waals surface area contributed by atoms with E-state index in [1.165, 1.54) is 0 Å². The van der Waals surface area contributed by atoms with E-state index in [-0.39, 0.29) is 24.4 Å². The molecule has 1 aliphatic heterocycles. The Kier molecular flexibility index (Phi) is 6.80. The van der Waals surface area contributed by atoms with E-state index in [0.717, 1.165) is 18.5 Å². The number of rotatable bonds is 3. The minimum atomic E-state index is 0. The smallest absolute Gasteiger partial charge is 0.224 e. The van der Waals surface area contributed by atoms with Gasteiger partial charge in [0.2, 0.25) is 5.91 Å². The summed E-state index contributed by atoms with van der Waals surface area (Å²) < 4.78 is 0. The van der Waals surface area contributed by atoms with Crippen molar-refractivity contribution in [2.24, 2.45) is 5.92 Å². The second-order valence-electron chi connectivity index (χ2n) is 5.37. The van der Waals surface area contributed by atoms with E-state index in [2.05, 4.69) is 24.5 Å². The monoisotopic (exact) mass is 316 g/mol. The highest BCUT2D eigenvalue weighted by atomic mass is 35.5. The number of carbonyl (C=O) groups is 1. The Hall–Kier alpha value is -0.770. The van der Waals surface area contributed by atoms with E-state index in [1.54, 1.807) is 0 Å². The first-order valence-electron chi connectivity index (χ1n) is 6.84. The molecule has 20 heavy (non-hydrogen) atoms. The molecular weight excluding hydrogens is 295 g/mol. The summed E-state index contributed by atoms with van der Waals surface area (Å²) in [7, 11) is 0. The molecule has 1 aromatic rings. The van der Waals surface area contributed by atoms with Gasteiger partial charge in [-0.2, -0.15) is 0 Å². The van der Waals surface area contributed by atoms with Gasteiger partial charge in [0.05, 0.1) is 6.42 Å². The molecule has 3 nitrogen and oxygen atoms in total. The highest BCUT2D eigenvalue weighted by Crippen LogP contribution is 2.18. The summed E-state index contributed by atoms with van der Waals surface area (Å²) in [5.74, 6) is 0.548. The highest BCUT2D eigenvalue weighted by molar-refractivity contribution is 6.31. The molecule has 3 unspecified atom stereocenters. The van der Waals surface area contributed by atoms with Crippen molar-refractivity contribution in [3.05, 3.63) is 34.9 Å². The Bertz CT molecular complexity index is 443. The van der Waals surface area contributed by atoms with Crippen molar-refractivity contribution in [2.75, 3.05) is 6.54 Å². The second kappa shape index (κ2) is 7.87. The largest absolute Gasteiger partial charge is 0.351 e. The highest BCUT2D eigenvalue weighted by Gasteiger charge is 2.28. The molecule has 1 fully saturated rings. The van der Waals surface area contributed by atoms with Crippen molar-refractivity contribution in [3.63, 3.8) is 0 Å². The molecule has 1 aromatic carbocycles. The van der Waals surface area contributed by atoms with Crippen LogP contribution < -0.4 is 10.6 Å². The van der Waals surface area contributed by atoms with Crippen molar-refractivity contribution >= 4 is 29.9 Å². The first kappa shape index (κ1) is 17.3. The van der Waals surface area contributed by atoms with Gasteiger partial charge in [0, 0.05) is 17.1 Å². The number of hydrogen-bond donors (Lipinski definition) is 2. The molecule has 1 saturated heterocycles. The van der Waals surface area contributed by atoms with Crippen molar-refractivity contribution in [3.8, 4) is 0 Å². The Morgan fingerprint density at radius 3 is 2.75 bits per heavy atom. The predicted octanol–water partition coefficient (Wildman–Crippen LogP) is 2.81. The van der Waals surface area contributed by atoms with Crippen LogP contribution in [-0.4, -0.2) is 24.5 Å². The SMILES string of the molecule is CC1CCNC(C)C1NC(=O)Cc1ccccc1Cl.Cl. The lowest BCUT2D eigenvalue weighted by Crippen LogP contribution is -2.56. The van der Waals surface area contributed by atoms with Crippen LogP contribution in [0.15, 0.2) is 24.3 Å². The average molecular weight is 317 g/mol. The third-order valence-electron chi connectivity index (χ3n) is 3.85. The lowest BCUT2D eigenvalue weighted by molar-refractivity contribution is -0.121. The summed E-state index contributed by atoms with van der Waals surface area (Å²) in [4.78, 5) is 12.1. The average Bonchev–Trinajstić information content (AvgIpc) is 2.37. The van der Waals surface area contributed by atoms with Crippen LogP contribution in [0.1, 0.15) is 25.8 Å². The fraction of sp³-hybridized carbons (Fsp3) is 0.533. The molecule has 1 heterocycles. The third-order valence-corrected chi connectivity index (χ3v) is 4.22. The van der Waals surface area contributed by atoms with Gasteiger partial charge >= 0.3 is 0 Å². The predicted molar refractivity (Wildman–Crippen MR) is 85.6 cm³/mol. The summed E-state index contributed by atoms with van der Waals surface area (Å²) in [6.45, 7) is 5.34. The lowest BCUT2D eigenvalue weighted by atomic mass is 9.89. The quantitative estimate of drug-likeness (QED) is 0.900. The zero-order valence-corrected chi connectivity index (χ0v) is 13.4. The molecule has 0 bridgehead atoms. The lowest BCUT2D eigenvalue weighted by Gasteiger charge is -2.36. The fourth-order valence-electron chi connectivity index (χ4n) is 2.66. The van der Waals surface area contributed by atoms with Crippen LogP contribution in [0.3, 0.4) is 0 Å². The van der Waals surface area contributed by atoms with Crippen LogP contribution in [0.25, 0.3) is 0 Å². The summed E-state index contributed by atoms with van der Waals surface area (Å²) >= 11 is 6.08. The summed E-state index contributed by atoms with van der Waals surface area (Å²) in [5, 5.41) is 7.19. The molecule has 0 spiro atoms. The van der Waals surface area contributed by atoms with Gasteiger partial charge in [0.1, 0.15) is 0 Å². The molecule has 0 saturated carbocycles. The van der Waals surface area contributed by atoms with Crippen LogP contribution in [-0.2, 0) is 11.2 Å². The van der Waals surface area contributed by atoms with Crippen molar-refractivity contribution in [2.45, 2.75) is 38.8 Å². The minimum absolute atomic E-state index is 0. The van der Waals surface area contributed by atoms with Crippen LogP contribution in [0.5, 0.6) is 0 Å². The van der Waals surface area contributed by atoms with Gasteiger partial charge in [-0.25, -0.2) is 0 Å². The summed E-state index contributed by atoms with van der Waals surface area (Å²) in [6, 6.07) is 8.01. The Balaban J connectivity index is 0.00000200. The maximum absolute atomic E-state index is 12.1. The van der Waals surface area contributed by atoms with Gasteiger partial charge in [0.25, 0.3) is 0 Å².